The van der Waals surface area contributed by atoms with E-state index >= 15 is 0 Å². The van der Waals surface area contributed by atoms with Crippen LogP contribution in [-0.4, -0.2) is 0 Å². The molecule has 334 valence electrons. The summed E-state index contributed by atoms with van der Waals surface area (Å²) in [6, 6.07) is 71.9. The highest BCUT2D eigenvalue weighted by atomic mass is 32.1. The van der Waals surface area contributed by atoms with E-state index in [4.69, 9.17) is 4.42 Å². The first-order chi connectivity index (χ1) is 35.0. The average molecular weight is 942 g/mol. The lowest BCUT2D eigenvalue weighted by molar-refractivity contribution is 0.629. The van der Waals surface area contributed by atoms with Crippen LogP contribution in [-0.2, 0) is 29.1 Å². The molecule has 71 heavy (non-hydrogen) atoms. The molecular weight excluding hydrogens is 899 g/mol. The minimum atomic E-state index is -0.542. The molecule has 2 nitrogen and oxygen atoms in total. The third-order valence-corrected chi connectivity index (χ3v) is 19.6. The van der Waals surface area contributed by atoms with Crippen LogP contribution in [0, 0.1) is 0 Å². The Hall–Kier alpha value is -7.76. The van der Waals surface area contributed by atoms with Crippen molar-refractivity contribution in [1.82, 2.24) is 0 Å². The maximum absolute atomic E-state index is 7.77. The van der Waals surface area contributed by atoms with Gasteiger partial charge >= 0.3 is 0 Å². The Morgan fingerprint density at radius 1 is 0.408 bits per heavy atom. The number of aryl methyl sites for hydroxylation is 2. The average Bonchev–Trinajstić information content (AvgIpc) is 4.29. The van der Waals surface area contributed by atoms with E-state index in [2.05, 4.69) is 218 Å². The topological polar surface area (TPSA) is 16.4 Å². The van der Waals surface area contributed by atoms with Crippen molar-refractivity contribution in [2.75, 3.05) is 4.90 Å². The SMILES string of the molecule is CC1(C)c2ccccc2N(c2cccc3c2oc2c4c(ccc23)C2(c3ccsc3-c3sccc32)c2ccc3c5c(ccc-4c25)CC3)c2cc3c(cc21)-c1ccccc1C3(c1ccccc1)c1ccccc1. The third kappa shape index (κ3) is 4.49. The zero-order chi connectivity index (χ0) is 46.5. The van der Waals surface area contributed by atoms with E-state index in [1.807, 2.05) is 22.7 Å². The van der Waals surface area contributed by atoms with E-state index in [-0.39, 0.29) is 5.41 Å². The molecule has 0 saturated carbocycles. The van der Waals surface area contributed by atoms with E-state index in [1.54, 1.807) is 0 Å². The molecule has 0 N–H and O–H groups in total. The summed E-state index contributed by atoms with van der Waals surface area (Å²) in [5.41, 5.74) is 25.3. The van der Waals surface area contributed by atoms with Crippen LogP contribution < -0.4 is 4.90 Å². The van der Waals surface area contributed by atoms with Gasteiger partial charge in [0.1, 0.15) is 5.58 Å². The minimum absolute atomic E-state index is 0.303. The molecule has 3 aromatic heterocycles. The number of para-hydroxylation sites is 2. The summed E-state index contributed by atoms with van der Waals surface area (Å²) in [5.74, 6) is 0. The van der Waals surface area contributed by atoms with Crippen LogP contribution in [0.2, 0.25) is 0 Å². The summed E-state index contributed by atoms with van der Waals surface area (Å²) in [6.07, 6.45) is 2.17. The maximum atomic E-state index is 7.77. The fourth-order valence-corrected chi connectivity index (χ4v) is 16.9. The number of rotatable bonds is 3. The van der Waals surface area contributed by atoms with Crippen molar-refractivity contribution in [3.05, 3.63) is 266 Å². The van der Waals surface area contributed by atoms with Gasteiger partial charge in [0.2, 0.25) is 0 Å². The van der Waals surface area contributed by atoms with Crippen LogP contribution in [0.1, 0.15) is 80.6 Å². The van der Waals surface area contributed by atoms with E-state index in [0.29, 0.717) is 0 Å². The molecule has 0 atom stereocenters. The highest BCUT2D eigenvalue weighted by Gasteiger charge is 2.53. The van der Waals surface area contributed by atoms with Gasteiger partial charge in [-0.1, -0.05) is 166 Å². The Bertz CT molecular complexity index is 4250. The van der Waals surface area contributed by atoms with Gasteiger partial charge < -0.3 is 9.32 Å². The zero-order valence-corrected chi connectivity index (χ0v) is 40.8. The molecule has 17 rings (SSSR count). The predicted molar refractivity (Wildman–Crippen MR) is 295 cm³/mol. The second-order valence-corrected chi connectivity index (χ2v) is 22.7. The van der Waals surface area contributed by atoms with Crippen molar-refractivity contribution in [2.45, 2.75) is 42.9 Å². The number of furan rings is 1. The monoisotopic (exact) mass is 941 g/mol. The summed E-state index contributed by atoms with van der Waals surface area (Å²) >= 11 is 3.77. The number of anilines is 3. The van der Waals surface area contributed by atoms with Gasteiger partial charge in [-0.25, -0.2) is 0 Å². The second-order valence-electron chi connectivity index (χ2n) is 20.9. The van der Waals surface area contributed by atoms with E-state index in [0.717, 1.165) is 40.5 Å². The lowest BCUT2D eigenvalue weighted by atomic mass is 9.61. The molecule has 4 aliphatic carbocycles. The molecule has 0 saturated heterocycles. The Morgan fingerprint density at radius 2 is 1.04 bits per heavy atom. The molecule has 1 spiro atoms. The molecule has 0 radical (unpaired) electrons. The summed E-state index contributed by atoms with van der Waals surface area (Å²) in [4.78, 5) is 5.35. The summed E-state index contributed by atoms with van der Waals surface area (Å²) in [6.45, 7) is 4.82. The van der Waals surface area contributed by atoms with Gasteiger partial charge in [-0.2, -0.15) is 0 Å². The van der Waals surface area contributed by atoms with Crippen molar-refractivity contribution >= 4 is 72.4 Å². The third-order valence-electron chi connectivity index (χ3n) is 17.6. The van der Waals surface area contributed by atoms with Crippen LogP contribution in [0.3, 0.4) is 0 Å². The van der Waals surface area contributed by atoms with Crippen LogP contribution >= 0.6 is 22.7 Å². The molecule has 0 amide bonds. The lowest BCUT2D eigenvalue weighted by Crippen LogP contribution is -2.32. The van der Waals surface area contributed by atoms with E-state index in [1.165, 1.54) is 121 Å². The molecule has 0 fully saturated rings. The van der Waals surface area contributed by atoms with E-state index in [9.17, 15) is 0 Å². The molecule has 12 aromatic rings. The second kappa shape index (κ2) is 13.3. The number of benzene rings is 9. The van der Waals surface area contributed by atoms with Crippen molar-refractivity contribution in [3.8, 4) is 32.0 Å². The Kier molecular flexibility index (Phi) is 7.33. The number of hydrogen-bond donors (Lipinski definition) is 0. The van der Waals surface area contributed by atoms with Crippen molar-refractivity contribution < 1.29 is 4.42 Å². The van der Waals surface area contributed by atoms with Gasteiger partial charge in [-0.15, -0.1) is 22.7 Å². The van der Waals surface area contributed by atoms with Crippen LogP contribution in [0.15, 0.2) is 203 Å². The first kappa shape index (κ1) is 39.0. The standard InChI is InChI=1S/C67H43NOS2/c1-65(2)48-21-11-12-22-55(48)68(57-37-53-46(36-54(57)65)42-18-9-10-20-47(42)66(53,40-14-5-3-6-15-40)41-16-7-4-8-17-41)56-23-13-19-43-44-29-31-50-60(62(44)69-61(43)56)45-28-26-38-24-25-39-27-30-49(59(45)58(38)39)67(50)51-32-34-70-63(51)64-52(67)33-35-71-64/h3-23,26-37H,24-25H2,1-2H3. The first-order valence-electron chi connectivity index (χ1n) is 25.0. The zero-order valence-electron chi connectivity index (χ0n) is 39.1. The van der Waals surface area contributed by atoms with Crippen molar-refractivity contribution in [3.63, 3.8) is 0 Å². The van der Waals surface area contributed by atoms with E-state index < -0.39 is 10.8 Å². The van der Waals surface area contributed by atoms with Crippen LogP contribution in [0.25, 0.3) is 64.7 Å². The van der Waals surface area contributed by atoms with Crippen LogP contribution in [0.5, 0.6) is 0 Å². The fraction of sp³-hybridized carbons (Fsp3) is 0.104. The highest BCUT2D eigenvalue weighted by molar-refractivity contribution is 7.21. The van der Waals surface area contributed by atoms with Gasteiger partial charge in [0.15, 0.2) is 5.58 Å². The van der Waals surface area contributed by atoms with Gasteiger partial charge in [-0.3, -0.25) is 0 Å². The quantitative estimate of drug-likeness (QED) is 0.175. The number of fused-ring (bicyclic) bond motifs is 18. The summed E-state index contributed by atoms with van der Waals surface area (Å²) in [5, 5.41) is 9.77. The van der Waals surface area contributed by atoms with Crippen molar-refractivity contribution in [1.29, 1.82) is 0 Å². The van der Waals surface area contributed by atoms with Gasteiger partial charge in [0.25, 0.3) is 0 Å². The largest absolute Gasteiger partial charge is 0.453 e. The summed E-state index contributed by atoms with van der Waals surface area (Å²) < 4.78 is 7.77. The van der Waals surface area contributed by atoms with Crippen LogP contribution in [0.4, 0.5) is 17.1 Å². The maximum Gasteiger partial charge on any atom is 0.159 e. The molecule has 5 aliphatic rings. The molecule has 0 unspecified atom stereocenters. The van der Waals surface area contributed by atoms with Gasteiger partial charge in [-0.05, 0) is 154 Å². The predicted octanol–water partition coefficient (Wildman–Crippen LogP) is 17.8. The molecule has 0 bridgehead atoms. The Balaban J connectivity index is 0.975. The first-order valence-corrected chi connectivity index (χ1v) is 26.8. The number of thiophene rings is 2. The molecular formula is C67H43NOS2. The minimum Gasteiger partial charge on any atom is -0.453 e. The molecule has 9 aromatic carbocycles. The van der Waals surface area contributed by atoms with Gasteiger partial charge in [0.05, 0.1) is 27.9 Å². The summed E-state index contributed by atoms with van der Waals surface area (Å²) in [7, 11) is 0. The number of hydrogen-bond acceptors (Lipinski definition) is 4. The normalized spacial score (nSPS) is 16.2. The number of nitrogens with zero attached hydrogens (tertiary/aromatic N) is 1. The fourth-order valence-electron chi connectivity index (χ4n) is 14.8. The molecule has 1 aliphatic heterocycles. The smallest absolute Gasteiger partial charge is 0.159 e. The Labute approximate surface area is 419 Å². The van der Waals surface area contributed by atoms with Gasteiger partial charge in [0, 0.05) is 31.5 Å². The molecule has 4 heteroatoms. The molecule has 4 heterocycles. The Morgan fingerprint density at radius 3 is 1.79 bits per heavy atom. The highest BCUT2D eigenvalue weighted by Crippen LogP contribution is 2.67. The lowest BCUT2D eigenvalue weighted by Gasteiger charge is -2.43. The van der Waals surface area contributed by atoms with Crippen molar-refractivity contribution in [2.24, 2.45) is 0 Å².